The molecule has 0 saturated carbocycles. The number of hydrogen-bond acceptors (Lipinski definition) is 0. The summed E-state index contributed by atoms with van der Waals surface area (Å²) in [6, 6.07) is 6.34. The first-order valence-corrected chi connectivity index (χ1v) is 4.96. The summed E-state index contributed by atoms with van der Waals surface area (Å²) >= 11 is 3.44. The van der Waals surface area contributed by atoms with Crippen molar-refractivity contribution in [3.63, 3.8) is 0 Å². The van der Waals surface area contributed by atoms with E-state index in [0.29, 0.717) is 0 Å². The van der Waals surface area contributed by atoms with Gasteiger partial charge in [-0.1, -0.05) is 41.1 Å². The molecule has 64 valence electrons. The molecule has 0 aliphatic heterocycles. The van der Waals surface area contributed by atoms with Gasteiger partial charge in [0, 0.05) is 4.47 Å². The fourth-order valence-corrected chi connectivity index (χ4v) is 1.55. The van der Waals surface area contributed by atoms with Crippen LogP contribution in [-0.2, 0) is 0 Å². The van der Waals surface area contributed by atoms with Crippen LogP contribution in [0.25, 0.3) is 6.08 Å². The molecule has 0 spiro atoms. The van der Waals surface area contributed by atoms with E-state index < -0.39 is 0 Å². The Labute approximate surface area is 82.4 Å². The molecular formula is C11H13Br. The van der Waals surface area contributed by atoms with Crippen molar-refractivity contribution in [2.24, 2.45) is 0 Å². The highest BCUT2D eigenvalue weighted by atomic mass is 79.9. The molecule has 12 heavy (non-hydrogen) atoms. The van der Waals surface area contributed by atoms with Gasteiger partial charge in [0.1, 0.15) is 0 Å². The van der Waals surface area contributed by atoms with Crippen molar-refractivity contribution >= 4 is 22.0 Å². The Morgan fingerprint density at radius 3 is 2.75 bits per heavy atom. The van der Waals surface area contributed by atoms with Gasteiger partial charge in [0.15, 0.2) is 0 Å². The largest absolute Gasteiger partial charge is 0.0842 e. The second kappa shape index (κ2) is 4.46. The summed E-state index contributed by atoms with van der Waals surface area (Å²) in [5.41, 5.74) is 2.62. The third-order valence-corrected chi connectivity index (χ3v) is 2.26. The van der Waals surface area contributed by atoms with E-state index in [-0.39, 0.29) is 0 Å². The van der Waals surface area contributed by atoms with E-state index in [9.17, 15) is 0 Å². The van der Waals surface area contributed by atoms with Crippen molar-refractivity contribution in [3.8, 4) is 0 Å². The van der Waals surface area contributed by atoms with Gasteiger partial charge in [-0.2, -0.15) is 0 Å². The molecule has 0 N–H and O–H groups in total. The molecule has 1 aromatic rings. The van der Waals surface area contributed by atoms with Crippen LogP contribution < -0.4 is 0 Å². The number of aryl methyl sites for hydroxylation is 1. The lowest BCUT2D eigenvalue weighted by Gasteiger charge is -1.99. The van der Waals surface area contributed by atoms with Crippen molar-refractivity contribution < 1.29 is 0 Å². The second-order valence-electron chi connectivity index (χ2n) is 2.81. The summed E-state index contributed by atoms with van der Waals surface area (Å²) in [4.78, 5) is 0. The van der Waals surface area contributed by atoms with Crippen LogP contribution in [-0.4, -0.2) is 0 Å². The molecule has 0 unspecified atom stereocenters. The SMILES string of the molecule is CC/C=C/c1ccc(Br)cc1C. The van der Waals surface area contributed by atoms with Crippen LogP contribution in [0.2, 0.25) is 0 Å². The number of allylic oxidation sites excluding steroid dienone is 1. The van der Waals surface area contributed by atoms with Crippen molar-refractivity contribution in [1.29, 1.82) is 0 Å². The molecule has 0 aromatic heterocycles. The molecule has 0 heterocycles. The van der Waals surface area contributed by atoms with Crippen LogP contribution in [0.1, 0.15) is 24.5 Å². The van der Waals surface area contributed by atoms with Gasteiger partial charge < -0.3 is 0 Å². The molecule has 0 radical (unpaired) electrons. The maximum Gasteiger partial charge on any atom is 0.0178 e. The molecule has 0 fully saturated rings. The highest BCUT2D eigenvalue weighted by molar-refractivity contribution is 9.10. The highest BCUT2D eigenvalue weighted by Gasteiger charge is 1.93. The molecule has 0 aliphatic carbocycles. The van der Waals surface area contributed by atoms with Crippen LogP contribution in [0.5, 0.6) is 0 Å². The van der Waals surface area contributed by atoms with Crippen molar-refractivity contribution in [1.82, 2.24) is 0 Å². The molecule has 1 heteroatoms. The van der Waals surface area contributed by atoms with E-state index in [0.717, 1.165) is 10.9 Å². The van der Waals surface area contributed by atoms with Gasteiger partial charge in [0.25, 0.3) is 0 Å². The predicted molar refractivity (Wildman–Crippen MR) is 58.2 cm³/mol. The lowest BCUT2D eigenvalue weighted by Crippen LogP contribution is -1.79. The van der Waals surface area contributed by atoms with E-state index in [2.05, 4.69) is 60.1 Å². The van der Waals surface area contributed by atoms with E-state index in [1.165, 1.54) is 11.1 Å². The molecule has 0 amide bonds. The fourth-order valence-electron chi connectivity index (χ4n) is 1.07. The minimum absolute atomic E-state index is 1.09. The maximum absolute atomic E-state index is 3.44. The van der Waals surface area contributed by atoms with E-state index >= 15 is 0 Å². The van der Waals surface area contributed by atoms with Crippen molar-refractivity contribution in [2.75, 3.05) is 0 Å². The third-order valence-electron chi connectivity index (χ3n) is 1.76. The average molecular weight is 225 g/mol. The predicted octanol–water partition coefficient (Wildman–Crippen LogP) is 4.18. The fraction of sp³-hybridized carbons (Fsp3) is 0.273. The molecule has 1 aromatic carbocycles. The molecule has 0 aliphatic rings. The molecule has 0 saturated heterocycles. The van der Waals surface area contributed by atoms with Crippen LogP contribution in [0.3, 0.4) is 0 Å². The van der Waals surface area contributed by atoms with E-state index in [4.69, 9.17) is 0 Å². The first kappa shape index (κ1) is 9.53. The molecule has 1 rings (SSSR count). The number of hydrogen-bond donors (Lipinski definition) is 0. The van der Waals surface area contributed by atoms with Gasteiger partial charge >= 0.3 is 0 Å². The number of benzene rings is 1. The first-order chi connectivity index (χ1) is 5.74. The van der Waals surface area contributed by atoms with Crippen LogP contribution in [0, 0.1) is 6.92 Å². The quantitative estimate of drug-likeness (QED) is 0.708. The Balaban J connectivity index is 2.94. The van der Waals surface area contributed by atoms with Gasteiger partial charge in [0.2, 0.25) is 0 Å². The van der Waals surface area contributed by atoms with Gasteiger partial charge in [-0.25, -0.2) is 0 Å². The Bertz CT molecular complexity index is 287. The van der Waals surface area contributed by atoms with Gasteiger partial charge in [-0.15, -0.1) is 0 Å². The third kappa shape index (κ3) is 2.49. The molecule has 0 atom stereocenters. The summed E-state index contributed by atoms with van der Waals surface area (Å²) in [5, 5.41) is 0. The summed E-state index contributed by atoms with van der Waals surface area (Å²) in [6.45, 7) is 4.27. The zero-order valence-corrected chi connectivity index (χ0v) is 9.06. The second-order valence-corrected chi connectivity index (χ2v) is 3.73. The van der Waals surface area contributed by atoms with Gasteiger partial charge in [-0.3, -0.25) is 0 Å². The minimum atomic E-state index is 1.09. The van der Waals surface area contributed by atoms with Crippen LogP contribution in [0.15, 0.2) is 28.7 Å². The normalized spacial score (nSPS) is 10.9. The monoisotopic (exact) mass is 224 g/mol. The highest BCUT2D eigenvalue weighted by Crippen LogP contribution is 2.16. The lowest BCUT2D eigenvalue weighted by molar-refractivity contribution is 1.23. The zero-order chi connectivity index (χ0) is 8.97. The molecule has 0 bridgehead atoms. The number of halogens is 1. The molecular weight excluding hydrogens is 212 g/mol. The van der Waals surface area contributed by atoms with Crippen LogP contribution >= 0.6 is 15.9 Å². The van der Waals surface area contributed by atoms with Crippen molar-refractivity contribution in [2.45, 2.75) is 20.3 Å². The average Bonchev–Trinajstić information content (AvgIpc) is 2.03. The van der Waals surface area contributed by atoms with Crippen LogP contribution in [0.4, 0.5) is 0 Å². The van der Waals surface area contributed by atoms with Gasteiger partial charge in [0.05, 0.1) is 0 Å². The van der Waals surface area contributed by atoms with E-state index in [1.807, 2.05) is 0 Å². The smallest absolute Gasteiger partial charge is 0.0178 e. The minimum Gasteiger partial charge on any atom is -0.0842 e. The first-order valence-electron chi connectivity index (χ1n) is 4.16. The number of rotatable bonds is 2. The van der Waals surface area contributed by atoms with Gasteiger partial charge in [-0.05, 0) is 36.6 Å². The lowest BCUT2D eigenvalue weighted by atomic mass is 10.1. The van der Waals surface area contributed by atoms with E-state index in [1.54, 1.807) is 0 Å². The summed E-state index contributed by atoms with van der Waals surface area (Å²) in [6.07, 6.45) is 5.44. The maximum atomic E-state index is 3.44. The Morgan fingerprint density at radius 2 is 2.17 bits per heavy atom. The Hall–Kier alpha value is -0.560. The topological polar surface area (TPSA) is 0 Å². The zero-order valence-electron chi connectivity index (χ0n) is 7.47. The summed E-state index contributed by atoms with van der Waals surface area (Å²) in [7, 11) is 0. The summed E-state index contributed by atoms with van der Waals surface area (Å²) < 4.78 is 1.15. The molecule has 0 nitrogen and oxygen atoms in total. The summed E-state index contributed by atoms with van der Waals surface area (Å²) in [5.74, 6) is 0. The van der Waals surface area contributed by atoms with Crippen molar-refractivity contribution in [3.05, 3.63) is 39.9 Å². The Kier molecular flexibility index (Phi) is 3.54. The standard InChI is InChI=1S/C11H13Br/c1-3-4-5-10-6-7-11(12)8-9(10)2/h4-8H,3H2,1-2H3/b5-4+. The Morgan fingerprint density at radius 1 is 1.42 bits per heavy atom.